The van der Waals surface area contributed by atoms with Crippen LogP contribution in [-0.4, -0.2) is 33.5 Å². The molecule has 0 heterocycles. The van der Waals surface area contributed by atoms with Crippen LogP contribution in [0.25, 0.3) is 0 Å². The molecule has 0 spiro atoms. The van der Waals surface area contributed by atoms with Crippen molar-refractivity contribution in [2.24, 2.45) is 5.92 Å². The van der Waals surface area contributed by atoms with Gasteiger partial charge in [0.2, 0.25) is 0 Å². The molecule has 1 saturated carbocycles. The van der Waals surface area contributed by atoms with E-state index in [1.54, 1.807) is 14.2 Å². The SMILES string of the molecule is CCNC(c1cc(OC)cc(OC)c1)C(OCC)C1CC1. The normalized spacial score (nSPS) is 17.3. The van der Waals surface area contributed by atoms with Gasteiger partial charge in [-0.1, -0.05) is 6.92 Å². The molecule has 0 aromatic heterocycles. The van der Waals surface area contributed by atoms with Gasteiger partial charge >= 0.3 is 0 Å². The van der Waals surface area contributed by atoms with Crippen molar-refractivity contribution >= 4 is 0 Å². The lowest BCUT2D eigenvalue weighted by atomic mass is 9.97. The molecule has 2 unspecified atom stereocenters. The summed E-state index contributed by atoms with van der Waals surface area (Å²) < 4.78 is 16.8. The zero-order valence-electron chi connectivity index (χ0n) is 13.5. The molecule has 0 amide bonds. The van der Waals surface area contributed by atoms with Crippen LogP contribution in [0, 0.1) is 5.92 Å². The van der Waals surface area contributed by atoms with Crippen molar-refractivity contribution < 1.29 is 14.2 Å². The van der Waals surface area contributed by atoms with E-state index in [9.17, 15) is 0 Å². The average molecular weight is 293 g/mol. The van der Waals surface area contributed by atoms with E-state index in [0.29, 0.717) is 5.92 Å². The standard InChI is InChI=1S/C17H27NO3/c1-5-18-16(17(21-6-2)12-7-8-12)13-9-14(19-3)11-15(10-13)20-4/h9-12,16-18H,5-8H2,1-4H3. The van der Waals surface area contributed by atoms with E-state index >= 15 is 0 Å². The van der Waals surface area contributed by atoms with Crippen molar-refractivity contribution in [2.75, 3.05) is 27.4 Å². The number of ether oxygens (including phenoxy) is 3. The summed E-state index contributed by atoms with van der Waals surface area (Å²) in [6.45, 7) is 5.83. The maximum absolute atomic E-state index is 6.04. The number of rotatable bonds is 9. The lowest BCUT2D eigenvalue weighted by Crippen LogP contribution is -2.35. The smallest absolute Gasteiger partial charge is 0.122 e. The number of nitrogens with one attached hydrogen (secondary N) is 1. The predicted octanol–water partition coefficient (Wildman–Crippen LogP) is 3.17. The molecule has 0 saturated heterocycles. The highest BCUT2D eigenvalue weighted by atomic mass is 16.5. The lowest BCUT2D eigenvalue weighted by molar-refractivity contribution is 0.0189. The minimum Gasteiger partial charge on any atom is -0.497 e. The first kappa shape index (κ1) is 16.1. The monoisotopic (exact) mass is 293 g/mol. The Balaban J connectivity index is 2.31. The summed E-state index contributed by atoms with van der Waals surface area (Å²) in [4.78, 5) is 0. The summed E-state index contributed by atoms with van der Waals surface area (Å²) in [5.41, 5.74) is 1.17. The van der Waals surface area contributed by atoms with Gasteiger partial charge in [0.25, 0.3) is 0 Å². The fraction of sp³-hybridized carbons (Fsp3) is 0.647. The van der Waals surface area contributed by atoms with E-state index in [2.05, 4.69) is 31.3 Å². The second kappa shape index (κ2) is 7.66. The Morgan fingerprint density at radius 3 is 2.14 bits per heavy atom. The number of methoxy groups -OCH3 is 2. The number of hydrogen-bond acceptors (Lipinski definition) is 4. The molecular weight excluding hydrogens is 266 g/mol. The highest BCUT2D eigenvalue weighted by Gasteiger charge is 2.37. The molecule has 4 heteroatoms. The first-order chi connectivity index (χ1) is 10.2. The Labute approximate surface area is 127 Å². The lowest BCUT2D eigenvalue weighted by Gasteiger charge is -2.28. The molecule has 0 bridgehead atoms. The van der Waals surface area contributed by atoms with E-state index in [1.807, 2.05) is 6.07 Å². The Bertz CT molecular complexity index is 423. The summed E-state index contributed by atoms with van der Waals surface area (Å²) in [6, 6.07) is 6.22. The zero-order chi connectivity index (χ0) is 15.2. The van der Waals surface area contributed by atoms with Gasteiger partial charge in [-0.05, 0) is 49.9 Å². The molecule has 0 aliphatic heterocycles. The van der Waals surface area contributed by atoms with Crippen LogP contribution in [0.3, 0.4) is 0 Å². The summed E-state index contributed by atoms with van der Waals surface area (Å²) in [6.07, 6.45) is 2.73. The van der Waals surface area contributed by atoms with E-state index in [-0.39, 0.29) is 12.1 Å². The molecule has 1 aromatic carbocycles. The van der Waals surface area contributed by atoms with Gasteiger partial charge in [0.1, 0.15) is 11.5 Å². The molecule has 0 radical (unpaired) electrons. The highest BCUT2D eigenvalue weighted by Crippen LogP contribution is 2.41. The summed E-state index contributed by atoms with van der Waals surface area (Å²) >= 11 is 0. The molecule has 1 fully saturated rings. The molecule has 2 atom stereocenters. The van der Waals surface area contributed by atoms with Crippen LogP contribution in [0.2, 0.25) is 0 Å². The van der Waals surface area contributed by atoms with Crippen LogP contribution in [0.1, 0.15) is 38.3 Å². The first-order valence-electron chi connectivity index (χ1n) is 7.81. The summed E-state index contributed by atoms with van der Waals surface area (Å²) in [5.74, 6) is 2.29. The van der Waals surface area contributed by atoms with Crippen LogP contribution in [0.15, 0.2) is 18.2 Å². The summed E-state index contributed by atoms with van der Waals surface area (Å²) in [7, 11) is 3.36. The zero-order valence-corrected chi connectivity index (χ0v) is 13.5. The van der Waals surface area contributed by atoms with Crippen molar-refractivity contribution in [1.82, 2.24) is 5.32 Å². The van der Waals surface area contributed by atoms with Crippen molar-refractivity contribution in [1.29, 1.82) is 0 Å². The molecule has 1 N–H and O–H groups in total. The third kappa shape index (κ3) is 4.11. The Morgan fingerprint density at radius 1 is 1.10 bits per heavy atom. The van der Waals surface area contributed by atoms with Crippen LogP contribution >= 0.6 is 0 Å². The van der Waals surface area contributed by atoms with Crippen LogP contribution < -0.4 is 14.8 Å². The van der Waals surface area contributed by atoms with Crippen molar-refractivity contribution in [3.05, 3.63) is 23.8 Å². The second-order valence-corrected chi connectivity index (χ2v) is 5.44. The molecule has 1 aliphatic rings. The number of likely N-dealkylation sites (N-methyl/N-ethyl adjacent to an activating group) is 1. The van der Waals surface area contributed by atoms with Crippen molar-refractivity contribution in [2.45, 2.75) is 38.8 Å². The maximum Gasteiger partial charge on any atom is 0.122 e. The minimum atomic E-state index is 0.173. The second-order valence-electron chi connectivity index (χ2n) is 5.44. The van der Waals surface area contributed by atoms with Gasteiger partial charge in [0.05, 0.1) is 26.4 Å². The van der Waals surface area contributed by atoms with E-state index < -0.39 is 0 Å². The molecular formula is C17H27NO3. The molecule has 1 aromatic rings. The quantitative estimate of drug-likeness (QED) is 0.759. The van der Waals surface area contributed by atoms with Gasteiger partial charge in [-0.25, -0.2) is 0 Å². The largest absolute Gasteiger partial charge is 0.497 e. The molecule has 118 valence electrons. The van der Waals surface area contributed by atoms with E-state index in [0.717, 1.165) is 24.7 Å². The van der Waals surface area contributed by atoms with Gasteiger partial charge in [0, 0.05) is 12.7 Å². The number of benzene rings is 1. The fourth-order valence-electron chi connectivity index (χ4n) is 2.77. The van der Waals surface area contributed by atoms with Crippen molar-refractivity contribution in [3.8, 4) is 11.5 Å². The highest BCUT2D eigenvalue weighted by molar-refractivity contribution is 5.40. The van der Waals surface area contributed by atoms with Crippen LogP contribution in [0.5, 0.6) is 11.5 Å². The number of hydrogen-bond donors (Lipinski definition) is 1. The Hall–Kier alpha value is -1.26. The van der Waals surface area contributed by atoms with Crippen LogP contribution in [-0.2, 0) is 4.74 Å². The average Bonchev–Trinajstić information content (AvgIpc) is 3.34. The van der Waals surface area contributed by atoms with E-state index in [4.69, 9.17) is 14.2 Å². The third-order valence-electron chi connectivity index (χ3n) is 3.93. The van der Waals surface area contributed by atoms with Gasteiger partial charge in [0.15, 0.2) is 0 Å². The maximum atomic E-state index is 6.04. The minimum absolute atomic E-state index is 0.173. The molecule has 21 heavy (non-hydrogen) atoms. The molecule has 2 rings (SSSR count). The predicted molar refractivity (Wildman–Crippen MR) is 84.1 cm³/mol. The van der Waals surface area contributed by atoms with Gasteiger partial charge in [-0.3, -0.25) is 0 Å². The first-order valence-corrected chi connectivity index (χ1v) is 7.81. The molecule has 4 nitrogen and oxygen atoms in total. The van der Waals surface area contributed by atoms with Gasteiger partial charge < -0.3 is 19.5 Å². The Kier molecular flexibility index (Phi) is 5.88. The van der Waals surface area contributed by atoms with Crippen LogP contribution in [0.4, 0.5) is 0 Å². The fourth-order valence-corrected chi connectivity index (χ4v) is 2.77. The Morgan fingerprint density at radius 2 is 1.71 bits per heavy atom. The van der Waals surface area contributed by atoms with Gasteiger partial charge in [-0.15, -0.1) is 0 Å². The summed E-state index contributed by atoms with van der Waals surface area (Å²) in [5, 5.41) is 3.57. The topological polar surface area (TPSA) is 39.7 Å². The van der Waals surface area contributed by atoms with Gasteiger partial charge in [-0.2, -0.15) is 0 Å². The van der Waals surface area contributed by atoms with E-state index in [1.165, 1.54) is 18.4 Å². The van der Waals surface area contributed by atoms with Crippen molar-refractivity contribution in [3.63, 3.8) is 0 Å². The molecule has 1 aliphatic carbocycles. The third-order valence-corrected chi connectivity index (χ3v) is 3.93.